The van der Waals surface area contributed by atoms with Crippen molar-refractivity contribution in [3.63, 3.8) is 0 Å². The summed E-state index contributed by atoms with van der Waals surface area (Å²) in [5.74, 6) is -0.102. The van der Waals surface area contributed by atoms with E-state index in [2.05, 4.69) is 16.9 Å². The molecule has 4 heteroatoms. The Bertz CT molecular complexity index is 672. The van der Waals surface area contributed by atoms with Crippen LogP contribution >= 0.6 is 11.3 Å². The summed E-state index contributed by atoms with van der Waals surface area (Å²) in [7, 11) is 0. The van der Waals surface area contributed by atoms with Crippen molar-refractivity contribution < 1.29 is 4.79 Å². The van der Waals surface area contributed by atoms with Crippen molar-refractivity contribution >= 4 is 28.5 Å². The maximum absolute atomic E-state index is 12.3. The van der Waals surface area contributed by atoms with E-state index in [1.54, 1.807) is 35.8 Å². The van der Waals surface area contributed by atoms with Crippen molar-refractivity contribution in [2.75, 3.05) is 11.9 Å². The predicted octanol–water partition coefficient (Wildman–Crippen LogP) is 4.22. The van der Waals surface area contributed by atoms with Gasteiger partial charge in [-0.3, -0.25) is 9.79 Å². The van der Waals surface area contributed by atoms with Gasteiger partial charge in [-0.15, -0.1) is 17.9 Å². The lowest BCUT2D eigenvalue weighted by Gasteiger charge is -2.04. The van der Waals surface area contributed by atoms with Gasteiger partial charge in [0, 0.05) is 22.2 Å². The standard InChI is InChI=1S/C17H18N2OS/c1-4-10-18-11-15-12(2)13(3)21-17(15)19-16(20)14-8-6-5-7-9-14/h4-9,11H,1,10H2,2-3H3,(H,19,20). The Hall–Kier alpha value is -2.20. The first-order valence-electron chi connectivity index (χ1n) is 6.70. The number of hydrogen-bond donors (Lipinski definition) is 1. The number of amides is 1. The Balaban J connectivity index is 2.25. The molecule has 0 saturated heterocycles. The zero-order valence-corrected chi connectivity index (χ0v) is 13.0. The third-order valence-electron chi connectivity index (χ3n) is 3.15. The topological polar surface area (TPSA) is 41.5 Å². The molecule has 1 heterocycles. The van der Waals surface area contributed by atoms with Crippen LogP contribution in [0, 0.1) is 13.8 Å². The highest BCUT2D eigenvalue weighted by Gasteiger charge is 2.14. The zero-order valence-electron chi connectivity index (χ0n) is 12.2. The van der Waals surface area contributed by atoms with Gasteiger partial charge in [0.05, 0.1) is 6.54 Å². The van der Waals surface area contributed by atoms with Crippen molar-refractivity contribution in [2.45, 2.75) is 13.8 Å². The molecule has 0 bridgehead atoms. The quantitative estimate of drug-likeness (QED) is 0.651. The van der Waals surface area contributed by atoms with Gasteiger partial charge >= 0.3 is 0 Å². The SMILES string of the molecule is C=CCN=Cc1c(NC(=O)c2ccccc2)sc(C)c1C. The van der Waals surface area contributed by atoms with Crippen molar-refractivity contribution in [1.82, 2.24) is 0 Å². The molecule has 1 aromatic heterocycles. The molecule has 0 fully saturated rings. The summed E-state index contributed by atoms with van der Waals surface area (Å²) in [6.07, 6.45) is 3.55. The number of carbonyl (C=O) groups is 1. The molecule has 0 unspecified atom stereocenters. The molecule has 1 amide bonds. The van der Waals surface area contributed by atoms with Crippen LogP contribution in [0.25, 0.3) is 0 Å². The predicted molar refractivity (Wildman–Crippen MR) is 90.8 cm³/mol. The minimum atomic E-state index is -0.102. The average Bonchev–Trinajstić information content (AvgIpc) is 2.76. The summed E-state index contributed by atoms with van der Waals surface area (Å²) in [6, 6.07) is 9.20. The number of benzene rings is 1. The Kier molecular flexibility index (Phi) is 5.06. The molecule has 0 spiro atoms. The van der Waals surface area contributed by atoms with E-state index in [9.17, 15) is 4.79 Å². The van der Waals surface area contributed by atoms with Crippen molar-refractivity contribution in [3.05, 3.63) is 64.6 Å². The number of aliphatic imine (C=N–C) groups is 1. The largest absolute Gasteiger partial charge is 0.313 e. The normalized spacial score (nSPS) is 10.8. The molecule has 0 aliphatic carbocycles. The second-order valence-electron chi connectivity index (χ2n) is 4.63. The number of rotatable bonds is 5. The Morgan fingerprint density at radius 3 is 2.71 bits per heavy atom. The molecule has 1 aromatic carbocycles. The van der Waals surface area contributed by atoms with Gasteiger partial charge < -0.3 is 5.32 Å². The highest BCUT2D eigenvalue weighted by molar-refractivity contribution is 7.16. The van der Waals surface area contributed by atoms with Gasteiger partial charge in [-0.1, -0.05) is 24.3 Å². The fraction of sp³-hybridized carbons (Fsp3) is 0.176. The van der Waals surface area contributed by atoms with Crippen LogP contribution in [0.1, 0.15) is 26.4 Å². The fourth-order valence-electron chi connectivity index (χ4n) is 1.88. The van der Waals surface area contributed by atoms with Gasteiger partial charge in [0.1, 0.15) is 5.00 Å². The average molecular weight is 298 g/mol. The van der Waals surface area contributed by atoms with Gasteiger partial charge in [0.2, 0.25) is 0 Å². The molecule has 108 valence electrons. The molecule has 2 rings (SSSR count). The molecular weight excluding hydrogens is 280 g/mol. The van der Waals surface area contributed by atoms with Crippen molar-refractivity contribution in [1.29, 1.82) is 0 Å². The van der Waals surface area contributed by atoms with Gasteiger partial charge in [-0.05, 0) is 31.5 Å². The smallest absolute Gasteiger partial charge is 0.256 e. The number of thiophene rings is 1. The molecule has 0 atom stereocenters. The van der Waals surface area contributed by atoms with Crippen LogP contribution in [0.5, 0.6) is 0 Å². The molecule has 0 aliphatic rings. The van der Waals surface area contributed by atoms with E-state index >= 15 is 0 Å². The number of carbonyl (C=O) groups excluding carboxylic acids is 1. The lowest BCUT2D eigenvalue weighted by atomic mass is 10.1. The van der Waals surface area contributed by atoms with Crippen molar-refractivity contribution in [3.8, 4) is 0 Å². The highest BCUT2D eigenvalue weighted by atomic mass is 32.1. The second kappa shape index (κ2) is 6.99. The van der Waals surface area contributed by atoms with Gasteiger partial charge in [-0.2, -0.15) is 0 Å². The maximum Gasteiger partial charge on any atom is 0.256 e. The molecule has 1 N–H and O–H groups in total. The zero-order chi connectivity index (χ0) is 15.2. The molecular formula is C17H18N2OS. The molecule has 0 radical (unpaired) electrons. The molecule has 2 aromatic rings. The Morgan fingerprint density at radius 1 is 1.33 bits per heavy atom. The van der Waals surface area contributed by atoms with E-state index in [1.807, 2.05) is 32.0 Å². The van der Waals surface area contributed by atoms with Crippen LogP contribution in [0.3, 0.4) is 0 Å². The molecule has 21 heavy (non-hydrogen) atoms. The lowest BCUT2D eigenvalue weighted by molar-refractivity contribution is 0.102. The summed E-state index contributed by atoms with van der Waals surface area (Å²) in [6.45, 7) is 8.30. The third kappa shape index (κ3) is 3.67. The number of aryl methyl sites for hydroxylation is 1. The number of nitrogens with one attached hydrogen (secondary N) is 1. The van der Waals surface area contributed by atoms with E-state index in [0.717, 1.165) is 16.1 Å². The maximum atomic E-state index is 12.3. The summed E-state index contributed by atoms with van der Waals surface area (Å²) < 4.78 is 0. The van der Waals surface area contributed by atoms with Gasteiger partial charge in [0.15, 0.2) is 0 Å². The van der Waals surface area contributed by atoms with Crippen LogP contribution in [-0.4, -0.2) is 18.7 Å². The first kappa shape index (κ1) is 15.2. The van der Waals surface area contributed by atoms with E-state index in [0.29, 0.717) is 12.1 Å². The Labute approximate surface area is 129 Å². The third-order valence-corrected chi connectivity index (χ3v) is 4.29. The number of nitrogens with zero attached hydrogens (tertiary/aromatic N) is 1. The van der Waals surface area contributed by atoms with Gasteiger partial charge in [0.25, 0.3) is 5.91 Å². The number of anilines is 1. The summed E-state index contributed by atoms with van der Waals surface area (Å²) in [4.78, 5) is 17.7. The fourth-order valence-corrected chi connectivity index (χ4v) is 2.90. The summed E-state index contributed by atoms with van der Waals surface area (Å²) in [5.41, 5.74) is 2.77. The van der Waals surface area contributed by atoms with Crippen LogP contribution in [-0.2, 0) is 0 Å². The van der Waals surface area contributed by atoms with Crippen LogP contribution < -0.4 is 5.32 Å². The second-order valence-corrected chi connectivity index (χ2v) is 5.85. The van der Waals surface area contributed by atoms with Crippen molar-refractivity contribution in [2.24, 2.45) is 4.99 Å². The summed E-state index contributed by atoms with van der Waals surface area (Å²) in [5, 5.41) is 3.82. The first-order valence-corrected chi connectivity index (χ1v) is 7.52. The lowest BCUT2D eigenvalue weighted by Crippen LogP contribution is -2.11. The van der Waals surface area contributed by atoms with Crippen LogP contribution in [0.15, 0.2) is 48.0 Å². The minimum absolute atomic E-state index is 0.102. The Morgan fingerprint density at radius 2 is 2.05 bits per heavy atom. The highest BCUT2D eigenvalue weighted by Crippen LogP contribution is 2.31. The molecule has 0 saturated carbocycles. The minimum Gasteiger partial charge on any atom is -0.313 e. The van der Waals surface area contributed by atoms with Gasteiger partial charge in [-0.25, -0.2) is 0 Å². The van der Waals surface area contributed by atoms with E-state index in [4.69, 9.17) is 0 Å². The monoisotopic (exact) mass is 298 g/mol. The van der Waals surface area contributed by atoms with E-state index < -0.39 is 0 Å². The van der Waals surface area contributed by atoms with Crippen LogP contribution in [0.4, 0.5) is 5.00 Å². The van der Waals surface area contributed by atoms with E-state index in [-0.39, 0.29) is 5.91 Å². The molecule has 3 nitrogen and oxygen atoms in total. The van der Waals surface area contributed by atoms with Crippen LogP contribution in [0.2, 0.25) is 0 Å². The molecule has 0 aliphatic heterocycles. The number of hydrogen-bond acceptors (Lipinski definition) is 3. The van der Waals surface area contributed by atoms with E-state index in [1.165, 1.54) is 4.88 Å². The summed E-state index contributed by atoms with van der Waals surface area (Å²) >= 11 is 1.57. The first-order chi connectivity index (χ1) is 10.1.